The molecule has 0 fully saturated rings. The van der Waals surface area contributed by atoms with Crippen LogP contribution in [0, 0.1) is 0 Å². The van der Waals surface area contributed by atoms with Gasteiger partial charge >= 0.3 is 23.9 Å². The van der Waals surface area contributed by atoms with Crippen LogP contribution in [0.4, 0.5) is 11.4 Å². The summed E-state index contributed by atoms with van der Waals surface area (Å²) in [5.41, 5.74) is 10.0. The Labute approximate surface area is 532 Å². The molecule has 466 valence electrons. The van der Waals surface area contributed by atoms with E-state index in [0.717, 1.165) is 129 Å². The molecule has 0 unspecified atom stereocenters. The maximum Gasteiger partial charge on any atom is 0.338 e. The van der Waals surface area contributed by atoms with Crippen molar-refractivity contribution < 1.29 is 52.4 Å². The quantitative estimate of drug-likeness (QED) is 0.0140. The van der Waals surface area contributed by atoms with Gasteiger partial charge in [0.15, 0.2) is 0 Å². The first kappa shape index (κ1) is 73.6. The molecule has 15 nitrogen and oxygen atoms in total. The number of carbonyl (C=O) groups excluding carboxylic acids is 3. The van der Waals surface area contributed by atoms with Gasteiger partial charge in [-0.2, -0.15) is 0 Å². The first-order chi connectivity index (χ1) is 40.9. The van der Waals surface area contributed by atoms with Gasteiger partial charge in [-0.15, -0.1) is 48.0 Å². The topological polar surface area (TPSA) is 175 Å². The third-order valence-electron chi connectivity index (χ3n) is 14.1. The highest BCUT2D eigenvalue weighted by molar-refractivity contribution is 6.40. The Balaban J connectivity index is 0.000000383. The number of aliphatic hydroxyl groups excluding tert-OH is 1. The predicted octanol–water partition coefficient (Wildman–Crippen LogP) is 13.7. The number of aromatic carboxylic acids is 1. The monoisotopic (exact) mass is 1270 g/mol. The Bertz CT molecular complexity index is 3710. The van der Waals surface area contributed by atoms with Crippen molar-refractivity contribution in [2.45, 2.75) is 62.3 Å². The number of carboxylic acid groups (broad SMARTS) is 1. The van der Waals surface area contributed by atoms with Crippen molar-refractivity contribution in [2.24, 2.45) is 0 Å². The molecule has 0 spiro atoms. The van der Waals surface area contributed by atoms with Crippen molar-refractivity contribution in [2.75, 3.05) is 94.4 Å². The molecule has 8 rings (SSSR count). The standard InChI is InChI=1S/C34H39N2O5.C27H28N2O3.C6H10O3.CH2Cl2.2ClH/c1-7-35(8-2)24-15-17-28-30(21-24)41-31-22-25(36(9-3)10-4)16-18-29(31)32(28)26-13-11-12-14-27(26)34(38)40-20-19-39-33(37)23(5)6;1-5-28(4)18-12-14-22-24(16-18)32-25-17-19(29(6-2)7-3)13-15-23(25)26(22)20-10-8-9-11-21(20)27(30)31;1-5(2)6(8)9-4-3-7;2-1-3;;/h11-18,21-22H,5,7-10,19-20H2,1-4,6H3;8-17H,5-7H2,1-4H3;7H,1,3-4H2,2H3;1H2;2*1H/q+1;;;;;/p+1. The summed E-state index contributed by atoms with van der Waals surface area (Å²) < 4.78 is 32.5. The van der Waals surface area contributed by atoms with Gasteiger partial charge in [0.1, 0.15) is 69.2 Å². The van der Waals surface area contributed by atoms with E-state index in [1.807, 2.05) is 55.6 Å². The summed E-state index contributed by atoms with van der Waals surface area (Å²) >= 11 is 9.53. The molecule has 0 radical (unpaired) electrons. The number of ether oxygens (including phenoxy) is 3. The number of nitrogens with zero attached hydrogens (tertiary/aromatic N) is 4. The number of hydrogen-bond acceptors (Lipinski definition) is 12. The molecule has 0 saturated carbocycles. The number of carboxylic acids is 1. The zero-order valence-corrected chi connectivity index (χ0v) is 54.5. The third kappa shape index (κ3) is 18.9. The van der Waals surface area contributed by atoms with E-state index >= 15 is 0 Å². The van der Waals surface area contributed by atoms with Crippen LogP contribution in [0.2, 0.25) is 0 Å². The number of aliphatic hydroxyl groups is 1. The van der Waals surface area contributed by atoms with E-state index < -0.39 is 23.9 Å². The van der Waals surface area contributed by atoms with Crippen LogP contribution >= 0.6 is 48.0 Å². The number of alkyl halides is 2. The minimum Gasteiger partial charge on any atom is -0.478 e. The number of hydrogen-bond donors (Lipinski definition) is 2. The lowest BCUT2D eigenvalue weighted by Gasteiger charge is -2.22. The SMILES string of the molecule is C=C(C)C(=O)OCCO.C=C(C)C(=O)OCCOC(=O)c1ccccc1-c1c2ccc(=[N+](CC)CC)cc-2oc2cc(N(CC)CC)ccc12.CCN(CC)c1ccc2c(-c3ccccc3C(=O)O)c3ccc(=[N+](C)CC)cc-3oc2c1.Cl.Cl.ClCCl. The fourth-order valence-electron chi connectivity index (χ4n) is 9.59. The molecule has 87 heavy (non-hydrogen) atoms. The number of halogens is 4. The molecule has 0 atom stereocenters. The van der Waals surface area contributed by atoms with Crippen LogP contribution in [0.1, 0.15) is 83.0 Å². The van der Waals surface area contributed by atoms with E-state index in [2.05, 4.69) is 140 Å². The summed E-state index contributed by atoms with van der Waals surface area (Å²) in [6.07, 6.45) is 0. The Hall–Kier alpha value is -7.66. The molecule has 0 bridgehead atoms. The first-order valence-corrected chi connectivity index (χ1v) is 29.6. The second-order valence-electron chi connectivity index (χ2n) is 19.4. The van der Waals surface area contributed by atoms with Crippen molar-refractivity contribution in [3.63, 3.8) is 0 Å². The molecule has 0 amide bonds. The summed E-state index contributed by atoms with van der Waals surface area (Å²) in [6, 6.07) is 39.4. The number of rotatable bonds is 20. The number of fused-ring (bicyclic) bond motifs is 4. The molecular formula is C68H82Cl4N4O11+2. The summed E-state index contributed by atoms with van der Waals surface area (Å²) in [4.78, 5) is 52.0. The lowest BCUT2D eigenvalue weighted by molar-refractivity contribution is -0.140. The van der Waals surface area contributed by atoms with Crippen LogP contribution in [0.15, 0.2) is 154 Å². The highest BCUT2D eigenvalue weighted by Gasteiger charge is 2.25. The van der Waals surface area contributed by atoms with Crippen molar-refractivity contribution in [1.82, 2.24) is 9.15 Å². The van der Waals surface area contributed by atoms with Gasteiger partial charge in [0.05, 0.1) is 35.2 Å². The molecule has 4 aromatic carbocycles. The molecular weight excluding hydrogens is 1190 g/mol. The second kappa shape index (κ2) is 36.5. The van der Waals surface area contributed by atoms with Gasteiger partial charge in [0.25, 0.3) is 0 Å². The molecule has 2 N–H and O–H groups in total. The van der Waals surface area contributed by atoms with E-state index in [0.29, 0.717) is 22.3 Å². The highest BCUT2D eigenvalue weighted by atomic mass is 35.5. The van der Waals surface area contributed by atoms with Gasteiger partial charge in [-0.3, -0.25) is 0 Å². The average molecular weight is 1270 g/mol. The Morgan fingerprint density at radius 1 is 0.540 bits per heavy atom. The van der Waals surface area contributed by atoms with Crippen molar-refractivity contribution in [1.29, 1.82) is 0 Å². The molecule has 2 heterocycles. The molecule has 19 heteroatoms. The van der Waals surface area contributed by atoms with Crippen LogP contribution in [0.25, 0.3) is 66.8 Å². The van der Waals surface area contributed by atoms with Gasteiger partial charge in [0.2, 0.25) is 10.7 Å². The van der Waals surface area contributed by atoms with Crippen LogP contribution in [-0.2, 0) is 23.8 Å². The molecule has 0 saturated heterocycles. The van der Waals surface area contributed by atoms with E-state index in [1.165, 1.54) is 0 Å². The summed E-state index contributed by atoms with van der Waals surface area (Å²) in [5.74, 6) is -0.923. The molecule has 0 aromatic heterocycles. The minimum atomic E-state index is -0.940. The summed E-state index contributed by atoms with van der Waals surface area (Å²) in [5, 5.41) is 22.2. The summed E-state index contributed by atoms with van der Waals surface area (Å²) in [7, 11) is 2.04. The van der Waals surface area contributed by atoms with E-state index in [-0.39, 0.29) is 62.1 Å². The van der Waals surface area contributed by atoms with Gasteiger partial charge in [0, 0.05) is 106 Å². The van der Waals surface area contributed by atoms with E-state index in [4.69, 9.17) is 46.6 Å². The van der Waals surface area contributed by atoms with Gasteiger partial charge in [-0.25, -0.2) is 28.3 Å². The first-order valence-electron chi connectivity index (χ1n) is 28.5. The van der Waals surface area contributed by atoms with Gasteiger partial charge in [-0.05, 0) is 122 Å². The fourth-order valence-corrected chi connectivity index (χ4v) is 9.59. The summed E-state index contributed by atoms with van der Waals surface area (Å²) in [6.45, 7) is 30.9. The predicted molar refractivity (Wildman–Crippen MR) is 359 cm³/mol. The Morgan fingerprint density at radius 3 is 1.38 bits per heavy atom. The third-order valence-corrected chi connectivity index (χ3v) is 14.1. The highest BCUT2D eigenvalue weighted by Crippen LogP contribution is 2.44. The lowest BCUT2D eigenvalue weighted by atomic mass is 9.90. The van der Waals surface area contributed by atoms with Crippen molar-refractivity contribution in [3.05, 3.63) is 167 Å². The van der Waals surface area contributed by atoms with Crippen LogP contribution in [0.3, 0.4) is 0 Å². The number of benzene rings is 6. The Morgan fingerprint density at radius 2 is 0.954 bits per heavy atom. The molecule has 4 aromatic rings. The Kier molecular flexibility index (Phi) is 30.9. The number of anilines is 2. The van der Waals surface area contributed by atoms with Gasteiger partial charge in [-0.1, -0.05) is 49.6 Å². The second-order valence-corrected chi connectivity index (χ2v) is 20.2. The largest absolute Gasteiger partial charge is 0.478 e. The van der Waals surface area contributed by atoms with Crippen LogP contribution < -0.4 is 29.7 Å². The maximum atomic E-state index is 13.3. The van der Waals surface area contributed by atoms with Crippen LogP contribution in [0.5, 0.6) is 0 Å². The zero-order valence-electron chi connectivity index (χ0n) is 51.4. The number of carbonyl (C=O) groups is 4. The van der Waals surface area contributed by atoms with Crippen LogP contribution in [-0.4, -0.2) is 119 Å². The lowest BCUT2D eigenvalue weighted by Crippen LogP contribution is -2.29. The average Bonchev–Trinajstić information content (AvgIpc) is 0.824. The van der Waals surface area contributed by atoms with Crippen molar-refractivity contribution >= 4 is 105 Å². The smallest absolute Gasteiger partial charge is 0.338 e. The molecule has 2 aliphatic carbocycles. The van der Waals surface area contributed by atoms with E-state index in [9.17, 15) is 24.3 Å². The normalized spacial score (nSPS) is 10.8. The fraction of sp³-hybridized carbons (Fsp3) is 0.324. The maximum absolute atomic E-state index is 13.3. The molecule has 4 aliphatic rings. The van der Waals surface area contributed by atoms with E-state index in [1.54, 1.807) is 32.0 Å². The van der Waals surface area contributed by atoms with Gasteiger partial charge < -0.3 is 43.1 Å². The minimum absolute atomic E-state index is 0. The van der Waals surface area contributed by atoms with Crippen molar-refractivity contribution in [3.8, 4) is 44.9 Å². The zero-order chi connectivity index (χ0) is 62.3. The molecule has 2 aliphatic heterocycles. The number of esters is 3.